The largest absolute Gasteiger partial charge is 0.469 e. The third-order valence-corrected chi connectivity index (χ3v) is 4.82. The summed E-state index contributed by atoms with van der Waals surface area (Å²) in [5, 5.41) is 6.42. The summed E-state index contributed by atoms with van der Waals surface area (Å²) in [6.45, 7) is 3.07. The molecule has 6 nitrogen and oxygen atoms in total. The highest BCUT2D eigenvalue weighted by Gasteiger charge is 2.10. The summed E-state index contributed by atoms with van der Waals surface area (Å²) in [6, 6.07) is 9.13. The van der Waals surface area contributed by atoms with Crippen LogP contribution in [0.5, 0.6) is 0 Å². The normalized spacial score (nSPS) is 12.2. The van der Waals surface area contributed by atoms with Crippen molar-refractivity contribution in [1.82, 2.24) is 10.6 Å². The van der Waals surface area contributed by atoms with E-state index in [-0.39, 0.29) is 0 Å². The minimum absolute atomic E-state index is 0.368. The van der Waals surface area contributed by atoms with E-state index in [2.05, 4.69) is 15.6 Å². The van der Waals surface area contributed by atoms with Crippen LogP contribution in [0, 0.1) is 6.92 Å². The molecule has 0 saturated heterocycles. The molecule has 1 aromatic heterocycles. The number of furan rings is 1. The van der Waals surface area contributed by atoms with Gasteiger partial charge >= 0.3 is 0 Å². The monoisotopic (exact) mass is 349 g/mol. The average molecular weight is 349 g/mol. The lowest BCUT2D eigenvalue weighted by Crippen LogP contribution is -2.37. The predicted molar refractivity (Wildman–Crippen MR) is 94.9 cm³/mol. The van der Waals surface area contributed by atoms with Crippen molar-refractivity contribution in [2.24, 2.45) is 4.99 Å². The number of hydrogen-bond donors (Lipinski definition) is 2. The maximum atomic E-state index is 11.6. The van der Waals surface area contributed by atoms with E-state index in [1.807, 2.05) is 24.3 Å². The second-order valence-electron chi connectivity index (χ2n) is 5.55. The van der Waals surface area contributed by atoms with E-state index in [0.717, 1.165) is 23.3 Å². The summed E-state index contributed by atoms with van der Waals surface area (Å²) in [5.41, 5.74) is 1.74. The van der Waals surface area contributed by atoms with Crippen LogP contribution in [-0.2, 0) is 22.8 Å². The minimum Gasteiger partial charge on any atom is -0.469 e. The molecule has 0 aliphatic carbocycles. The van der Waals surface area contributed by atoms with Crippen LogP contribution in [0.2, 0.25) is 0 Å². The first-order chi connectivity index (χ1) is 11.4. The topological polar surface area (TPSA) is 83.7 Å². The predicted octanol–water partition coefficient (Wildman–Crippen LogP) is 1.90. The van der Waals surface area contributed by atoms with Gasteiger partial charge in [-0.05, 0) is 36.2 Å². The summed E-state index contributed by atoms with van der Waals surface area (Å²) < 4.78 is 28.6. The molecule has 0 unspecified atom stereocenters. The fourth-order valence-electron chi connectivity index (χ4n) is 2.40. The Hall–Kier alpha value is -2.28. The smallest absolute Gasteiger partial charge is 0.191 e. The van der Waals surface area contributed by atoms with Gasteiger partial charge in [-0.1, -0.05) is 12.1 Å². The molecule has 0 spiro atoms. The van der Waals surface area contributed by atoms with E-state index in [1.54, 1.807) is 26.3 Å². The van der Waals surface area contributed by atoms with Crippen LogP contribution in [0.25, 0.3) is 0 Å². The van der Waals surface area contributed by atoms with Gasteiger partial charge in [0.05, 0.1) is 11.2 Å². The SMILES string of the molecule is CN=C(NCCc1ccco1)NCc1ccc(S(C)(=O)=O)c(C)c1. The Morgan fingerprint density at radius 2 is 2.04 bits per heavy atom. The number of aryl methyl sites for hydroxylation is 1. The molecule has 2 rings (SSSR count). The maximum absolute atomic E-state index is 11.6. The van der Waals surface area contributed by atoms with Crippen molar-refractivity contribution in [3.8, 4) is 0 Å². The molecule has 0 fully saturated rings. The number of rotatable bonds is 6. The van der Waals surface area contributed by atoms with Gasteiger partial charge in [0.2, 0.25) is 0 Å². The zero-order chi connectivity index (χ0) is 17.6. The third-order valence-electron chi connectivity index (χ3n) is 3.57. The molecule has 24 heavy (non-hydrogen) atoms. The fraction of sp³-hybridized carbons (Fsp3) is 0.353. The lowest BCUT2D eigenvalue weighted by molar-refractivity contribution is 0.507. The van der Waals surface area contributed by atoms with E-state index in [4.69, 9.17) is 4.42 Å². The van der Waals surface area contributed by atoms with Crippen molar-refractivity contribution < 1.29 is 12.8 Å². The molecule has 0 atom stereocenters. The number of nitrogens with one attached hydrogen (secondary N) is 2. The molecule has 7 heteroatoms. The average Bonchev–Trinajstić information content (AvgIpc) is 3.02. The van der Waals surface area contributed by atoms with Crippen LogP contribution in [0.4, 0.5) is 0 Å². The lowest BCUT2D eigenvalue weighted by atomic mass is 10.1. The van der Waals surface area contributed by atoms with Gasteiger partial charge in [-0.3, -0.25) is 4.99 Å². The van der Waals surface area contributed by atoms with Crippen LogP contribution in [0.1, 0.15) is 16.9 Å². The van der Waals surface area contributed by atoms with Gasteiger partial charge in [0.1, 0.15) is 5.76 Å². The first-order valence-electron chi connectivity index (χ1n) is 7.66. The number of nitrogens with zero attached hydrogens (tertiary/aromatic N) is 1. The highest BCUT2D eigenvalue weighted by molar-refractivity contribution is 7.90. The molecule has 0 aliphatic rings. The molecule has 0 amide bonds. The number of benzene rings is 1. The van der Waals surface area contributed by atoms with Gasteiger partial charge in [-0.25, -0.2) is 8.42 Å². The number of hydrogen-bond acceptors (Lipinski definition) is 4. The zero-order valence-corrected chi connectivity index (χ0v) is 15.0. The number of aliphatic imine (C=N–C) groups is 1. The molecule has 1 aromatic carbocycles. The first-order valence-corrected chi connectivity index (χ1v) is 9.56. The van der Waals surface area contributed by atoms with Crippen LogP contribution in [0.15, 0.2) is 50.9 Å². The van der Waals surface area contributed by atoms with Gasteiger partial charge in [0.15, 0.2) is 15.8 Å². The molecule has 2 N–H and O–H groups in total. The molecule has 0 bridgehead atoms. The Kier molecular flexibility index (Phi) is 6.03. The van der Waals surface area contributed by atoms with E-state index in [9.17, 15) is 8.42 Å². The van der Waals surface area contributed by atoms with Gasteiger partial charge in [-0.15, -0.1) is 0 Å². The van der Waals surface area contributed by atoms with Crippen LogP contribution in [-0.4, -0.2) is 34.2 Å². The Labute approximate surface area is 142 Å². The van der Waals surface area contributed by atoms with E-state index < -0.39 is 9.84 Å². The number of guanidine groups is 1. The Bertz CT molecular complexity index is 796. The van der Waals surface area contributed by atoms with Gasteiger partial charge < -0.3 is 15.1 Å². The zero-order valence-electron chi connectivity index (χ0n) is 14.2. The summed E-state index contributed by atoms with van der Waals surface area (Å²) in [5.74, 6) is 1.61. The lowest BCUT2D eigenvalue weighted by Gasteiger charge is -2.12. The third kappa shape index (κ3) is 5.13. The molecule has 2 aromatic rings. The maximum Gasteiger partial charge on any atom is 0.191 e. The first kappa shape index (κ1) is 18.1. The summed E-state index contributed by atoms with van der Waals surface area (Å²) in [4.78, 5) is 4.54. The van der Waals surface area contributed by atoms with E-state index >= 15 is 0 Å². The van der Waals surface area contributed by atoms with Crippen molar-refractivity contribution >= 4 is 15.8 Å². The van der Waals surface area contributed by atoms with Crippen LogP contribution >= 0.6 is 0 Å². The van der Waals surface area contributed by atoms with Crippen molar-refractivity contribution in [2.75, 3.05) is 19.8 Å². The van der Waals surface area contributed by atoms with Gasteiger partial charge in [0, 0.05) is 32.8 Å². The molecule has 0 radical (unpaired) electrons. The molecular weight excluding hydrogens is 326 g/mol. The molecular formula is C17H23N3O3S. The fourth-order valence-corrected chi connectivity index (χ4v) is 3.36. The van der Waals surface area contributed by atoms with E-state index in [1.165, 1.54) is 6.26 Å². The van der Waals surface area contributed by atoms with Gasteiger partial charge in [-0.2, -0.15) is 0 Å². The van der Waals surface area contributed by atoms with Crippen molar-refractivity contribution in [1.29, 1.82) is 0 Å². The Morgan fingerprint density at radius 1 is 1.25 bits per heavy atom. The van der Waals surface area contributed by atoms with Crippen molar-refractivity contribution in [2.45, 2.75) is 24.8 Å². The highest BCUT2D eigenvalue weighted by Crippen LogP contribution is 2.16. The second kappa shape index (κ2) is 8.01. The minimum atomic E-state index is -3.19. The highest BCUT2D eigenvalue weighted by atomic mass is 32.2. The molecule has 0 aliphatic heterocycles. The van der Waals surface area contributed by atoms with Crippen molar-refractivity contribution in [3.63, 3.8) is 0 Å². The summed E-state index contributed by atoms with van der Waals surface area (Å²) in [6.07, 6.45) is 3.65. The summed E-state index contributed by atoms with van der Waals surface area (Å²) >= 11 is 0. The standard InChI is InChI=1S/C17H23N3O3S/c1-13-11-14(6-7-16(13)24(3,21)22)12-20-17(18-2)19-9-8-15-5-4-10-23-15/h4-7,10-11H,8-9,12H2,1-3H3,(H2,18,19,20). The van der Waals surface area contributed by atoms with Crippen LogP contribution in [0.3, 0.4) is 0 Å². The molecule has 0 saturated carbocycles. The molecule has 130 valence electrons. The Balaban J connectivity index is 1.88. The van der Waals surface area contributed by atoms with Crippen molar-refractivity contribution in [3.05, 3.63) is 53.5 Å². The summed E-state index contributed by atoms with van der Waals surface area (Å²) in [7, 11) is -1.48. The quantitative estimate of drug-likeness (QED) is 0.615. The molecule has 1 heterocycles. The van der Waals surface area contributed by atoms with E-state index in [0.29, 0.717) is 23.9 Å². The second-order valence-corrected chi connectivity index (χ2v) is 7.54. The number of sulfone groups is 1. The Morgan fingerprint density at radius 3 is 2.62 bits per heavy atom. The van der Waals surface area contributed by atoms with Gasteiger partial charge in [0.25, 0.3) is 0 Å². The van der Waals surface area contributed by atoms with Crippen LogP contribution < -0.4 is 10.6 Å².